The molecule has 0 saturated carbocycles. The van der Waals surface area contributed by atoms with E-state index in [1.807, 2.05) is 0 Å². The minimum absolute atomic E-state index is 0.658. The van der Waals surface area contributed by atoms with Gasteiger partial charge in [-0.1, -0.05) is 19.1 Å². The lowest BCUT2D eigenvalue weighted by atomic mass is 10.2. The largest absolute Gasteiger partial charge is 0.381 e. The third-order valence-electron chi connectivity index (χ3n) is 2.43. The average molecular weight is 319 g/mol. The maximum absolute atomic E-state index is 3.61. The molecule has 0 amide bonds. The Morgan fingerprint density at radius 1 is 1.43 bits per heavy atom. The summed E-state index contributed by atoms with van der Waals surface area (Å²) < 4.78 is 1.31. The van der Waals surface area contributed by atoms with Crippen molar-refractivity contribution < 1.29 is 0 Å². The Morgan fingerprint density at radius 3 is 2.86 bits per heavy atom. The Morgan fingerprint density at radius 2 is 2.21 bits per heavy atom. The summed E-state index contributed by atoms with van der Waals surface area (Å²) in [6.45, 7) is 2.31. The van der Waals surface area contributed by atoms with E-state index in [1.54, 1.807) is 0 Å². The molecular weight excluding hydrogens is 305 g/mol. The monoisotopic (exact) mass is 319 g/mol. The molecule has 1 nitrogen and oxygen atoms in total. The highest BCUT2D eigenvalue weighted by molar-refractivity contribution is 14.1. The van der Waals surface area contributed by atoms with E-state index in [4.69, 9.17) is 0 Å². The third kappa shape index (κ3) is 2.57. The molecule has 1 heterocycles. The van der Waals surface area contributed by atoms with Gasteiger partial charge in [0.05, 0.1) is 0 Å². The van der Waals surface area contributed by atoms with Gasteiger partial charge in [-0.2, -0.15) is 11.8 Å². The molecule has 1 aliphatic rings. The number of nitrogens with one attached hydrogen (secondary N) is 1. The Kier molecular flexibility index (Phi) is 3.60. The zero-order chi connectivity index (χ0) is 9.97. The van der Waals surface area contributed by atoms with Crippen LogP contribution in [0.1, 0.15) is 13.3 Å². The summed E-state index contributed by atoms with van der Waals surface area (Å²) in [5, 5.41) is 4.42. The van der Waals surface area contributed by atoms with E-state index in [2.05, 4.69) is 70.9 Å². The van der Waals surface area contributed by atoms with Crippen molar-refractivity contribution in [2.24, 2.45) is 0 Å². The molecule has 76 valence electrons. The van der Waals surface area contributed by atoms with Crippen LogP contribution in [0.25, 0.3) is 0 Å². The molecule has 0 spiro atoms. The zero-order valence-electron chi connectivity index (χ0n) is 8.16. The van der Waals surface area contributed by atoms with Crippen LogP contribution in [0, 0.1) is 3.57 Å². The molecule has 2 unspecified atom stereocenters. The number of rotatable bonds is 2. The van der Waals surface area contributed by atoms with Crippen molar-refractivity contribution in [3.05, 3.63) is 27.8 Å². The van der Waals surface area contributed by atoms with Gasteiger partial charge in [0.15, 0.2) is 0 Å². The lowest BCUT2D eigenvalue weighted by Crippen LogP contribution is -2.19. The highest BCUT2D eigenvalue weighted by Gasteiger charge is 2.21. The predicted molar refractivity (Wildman–Crippen MR) is 73.1 cm³/mol. The van der Waals surface area contributed by atoms with Crippen LogP contribution in [0.3, 0.4) is 0 Å². The fraction of sp³-hybridized carbons (Fsp3) is 0.455. The summed E-state index contributed by atoms with van der Waals surface area (Å²) in [5.74, 6) is 1.24. The van der Waals surface area contributed by atoms with E-state index < -0.39 is 0 Å². The standard InChI is InChI=1S/C11H14INS/c1-8-6-9(7-14-8)13-11-5-3-2-4-10(11)12/h2-5,8-9,13H,6-7H2,1H3. The van der Waals surface area contributed by atoms with Crippen LogP contribution in [-0.4, -0.2) is 17.0 Å². The molecule has 1 N–H and O–H groups in total. The van der Waals surface area contributed by atoms with Crippen LogP contribution in [0.2, 0.25) is 0 Å². The molecule has 14 heavy (non-hydrogen) atoms. The zero-order valence-corrected chi connectivity index (χ0v) is 11.1. The molecule has 1 aromatic rings. The number of halogens is 1. The second-order valence-corrected chi connectivity index (χ2v) is 6.33. The highest BCUT2D eigenvalue weighted by atomic mass is 127. The number of para-hydroxylation sites is 1. The predicted octanol–water partition coefficient (Wildman–Crippen LogP) is 3.60. The van der Waals surface area contributed by atoms with Gasteiger partial charge in [-0.05, 0) is 41.1 Å². The molecule has 0 radical (unpaired) electrons. The molecule has 1 aromatic carbocycles. The summed E-state index contributed by atoms with van der Waals surface area (Å²) in [6, 6.07) is 9.14. The summed E-state index contributed by atoms with van der Waals surface area (Å²) in [5.41, 5.74) is 1.28. The van der Waals surface area contributed by atoms with Crippen LogP contribution < -0.4 is 5.32 Å². The number of benzene rings is 1. The van der Waals surface area contributed by atoms with Crippen molar-refractivity contribution in [3.63, 3.8) is 0 Å². The summed E-state index contributed by atoms with van der Waals surface area (Å²) >= 11 is 4.45. The third-order valence-corrected chi connectivity index (χ3v) is 4.73. The minimum Gasteiger partial charge on any atom is -0.381 e. The molecule has 0 aliphatic carbocycles. The summed E-state index contributed by atoms with van der Waals surface area (Å²) in [6.07, 6.45) is 1.29. The smallest absolute Gasteiger partial charge is 0.0478 e. The highest BCUT2D eigenvalue weighted by Crippen LogP contribution is 2.29. The second-order valence-electron chi connectivity index (χ2n) is 3.70. The first-order chi connectivity index (χ1) is 6.75. The Hall–Kier alpha value is 0.1000. The van der Waals surface area contributed by atoms with E-state index in [0.717, 1.165) is 5.25 Å². The van der Waals surface area contributed by atoms with Crippen LogP contribution in [-0.2, 0) is 0 Å². The normalized spacial score (nSPS) is 26.4. The van der Waals surface area contributed by atoms with Gasteiger partial charge >= 0.3 is 0 Å². The Balaban J connectivity index is 2.01. The molecule has 1 saturated heterocycles. The van der Waals surface area contributed by atoms with Gasteiger partial charge in [0, 0.05) is 26.3 Å². The lowest BCUT2D eigenvalue weighted by Gasteiger charge is -2.14. The molecule has 3 heteroatoms. The number of hydrogen-bond acceptors (Lipinski definition) is 2. The molecule has 0 bridgehead atoms. The summed E-state index contributed by atoms with van der Waals surface area (Å²) in [7, 11) is 0. The van der Waals surface area contributed by atoms with Gasteiger partial charge < -0.3 is 5.32 Å². The van der Waals surface area contributed by atoms with Gasteiger partial charge in [0.2, 0.25) is 0 Å². The van der Waals surface area contributed by atoms with E-state index in [-0.39, 0.29) is 0 Å². The molecule has 0 aromatic heterocycles. The second kappa shape index (κ2) is 4.75. The van der Waals surface area contributed by atoms with E-state index in [1.165, 1.54) is 21.4 Å². The van der Waals surface area contributed by atoms with Gasteiger partial charge in [0.1, 0.15) is 0 Å². The molecule has 2 atom stereocenters. The first-order valence-corrected chi connectivity index (χ1v) is 7.01. The molecule has 1 fully saturated rings. The van der Waals surface area contributed by atoms with E-state index in [9.17, 15) is 0 Å². The van der Waals surface area contributed by atoms with Gasteiger partial charge in [-0.15, -0.1) is 0 Å². The van der Waals surface area contributed by atoms with Gasteiger partial charge in [-0.3, -0.25) is 0 Å². The van der Waals surface area contributed by atoms with Crippen molar-refractivity contribution in [1.29, 1.82) is 0 Å². The Labute approximate surface area is 103 Å². The molecule has 2 rings (SSSR count). The topological polar surface area (TPSA) is 12.0 Å². The van der Waals surface area contributed by atoms with Crippen molar-refractivity contribution in [2.75, 3.05) is 11.1 Å². The summed E-state index contributed by atoms with van der Waals surface area (Å²) in [4.78, 5) is 0. The van der Waals surface area contributed by atoms with Crippen molar-refractivity contribution >= 4 is 40.0 Å². The van der Waals surface area contributed by atoms with Gasteiger partial charge in [-0.25, -0.2) is 0 Å². The maximum Gasteiger partial charge on any atom is 0.0478 e. The van der Waals surface area contributed by atoms with E-state index >= 15 is 0 Å². The van der Waals surface area contributed by atoms with Crippen molar-refractivity contribution in [3.8, 4) is 0 Å². The first-order valence-electron chi connectivity index (χ1n) is 4.88. The van der Waals surface area contributed by atoms with Crippen LogP contribution in [0.15, 0.2) is 24.3 Å². The fourth-order valence-corrected chi connectivity index (χ4v) is 3.41. The van der Waals surface area contributed by atoms with Gasteiger partial charge in [0.25, 0.3) is 0 Å². The lowest BCUT2D eigenvalue weighted by molar-refractivity contribution is 0.746. The average Bonchev–Trinajstić information content (AvgIpc) is 2.56. The fourth-order valence-electron chi connectivity index (χ4n) is 1.72. The first kappa shape index (κ1) is 10.6. The number of thioether (sulfide) groups is 1. The van der Waals surface area contributed by atoms with Crippen molar-refractivity contribution in [2.45, 2.75) is 24.6 Å². The van der Waals surface area contributed by atoms with Crippen LogP contribution in [0.4, 0.5) is 5.69 Å². The molecular formula is C11H14INS. The quantitative estimate of drug-likeness (QED) is 0.836. The minimum atomic E-state index is 0.658. The Bertz CT molecular complexity index is 316. The number of anilines is 1. The van der Waals surface area contributed by atoms with Crippen LogP contribution >= 0.6 is 34.4 Å². The number of hydrogen-bond donors (Lipinski definition) is 1. The van der Waals surface area contributed by atoms with E-state index in [0.29, 0.717) is 6.04 Å². The van der Waals surface area contributed by atoms with Crippen molar-refractivity contribution in [1.82, 2.24) is 0 Å². The maximum atomic E-state index is 3.61. The SMILES string of the molecule is CC1CC(Nc2ccccc2I)CS1. The molecule has 1 aliphatic heterocycles. The van der Waals surface area contributed by atoms with Crippen LogP contribution in [0.5, 0.6) is 0 Å².